The van der Waals surface area contributed by atoms with E-state index >= 15 is 0 Å². The molecule has 2 amide bonds. The number of anilines is 1. The predicted molar refractivity (Wildman–Crippen MR) is 93.2 cm³/mol. The summed E-state index contributed by atoms with van der Waals surface area (Å²) < 4.78 is 0. The Balaban J connectivity index is 1.71. The fraction of sp³-hybridized carbons (Fsp3) is 0.333. The van der Waals surface area contributed by atoms with E-state index in [2.05, 4.69) is 20.6 Å². The van der Waals surface area contributed by atoms with E-state index < -0.39 is 0 Å². The molecule has 6 heteroatoms. The number of hydrogen-bond donors (Lipinski definition) is 2. The average molecular weight is 326 g/mol. The van der Waals surface area contributed by atoms with Crippen LogP contribution in [-0.4, -0.2) is 28.3 Å². The van der Waals surface area contributed by atoms with E-state index in [0.717, 1.165) is 24.8 Å². The zero-order valence-electron chi connectivity index (χ0n) is 13.8. The molecule has 2 aromatic rings. The van der Waals surface area contributed by atoms with Crippen molar-refractivity contribution in [3.8, 4) is 11.4 Å². The minimum absolute atomic E-state index is 0.0216. The van der Waals surface area contributed by atoms with Gasteiger partial charge in [0.15, 0.2) is 5.82 Å². The summed E-state index contributed by atoms with van der Waals surface area (Å²) in [6.45, 7) is 2.16. The molecule has 0 bridgehead atoms. The van der Waals surface area contributed by atoms with Crippen molar-refractivity contribution < 1.29 is 9.59 Å². The molecule has 0 spiro atoms. The summed E-state index contributed by atoms with van der Waals surface area (Å²) in [5.41, 5.74) is 1.53. The van der Waals surface area contributed by atoms with E-state index in [1.807, 2.05) is 30.3 Å². The molecule has 0 aliphatic carbocycles. The number of rotatable bonds is 8. The molecule has 0 atom stereocenters. The summed E-state index contributed by atoms with van der Waals surface area (Å²) in [7, 11) is 0. The molecule has 0 fully saturated rings. The number of nitrogens with one attached hydrogen (secondary N) is 2. The van der Waals surface area contributed by atoms with Crippen molar-refractivity contribution in [2.45, 2.75) is 32.6 Å². The van der Waals surface area contributed by atoms with Crippen molar-refractivity contribution in [1.29, 1.82) is 0 Å². The summed E-state index contributed by atoms with van der Waals surface area (Å²) in [5, 5.41) is 5.53. The largest absolute Gasteiger partial charge is 0.356 e. The molecule has 1 heterocycles. The summed E-state index contributed by atoms with van der Waals surface area (Å²) in [5.74, 6) is 0.559. The summed E-state index contributed by atoms with van der Waals surface area (Å²) in [6, 6.07) is 9.68. The molecule has 24 heavy (non-hydrogen) atoms. The van der Waals surface area contributed by atoms with Gasteiger partial charge in [0, 0.05) is 25.5 Å². The van der Waals surface area contributed by atoms with E-state index in [4.69, 9.17) is 0 Å². The van der Waals surface area contributed by atoms with Crippen LogP contribution in [0.4, 0.5) is 5.69 Å². The Morgan fingerprint density at radius 1 is 1.00 bits per heavy atom. The highest BCUT2D eigenvalue weighted by Gasteiger charge is 2.05. The molecule has 1 aromatic carbocycles. The van der Waals surface area contributed by atoms with Crippen LogP contribution in [0.15, 0.2) is 42.7 Å². The van der Waals surface area contributed by atoms with Gasteiger partial charge >= 0.3 is 0 Å². The zero-order chi connectivity index (χ0) is 17.2. The molecule has 0 saturated carbocycles. The van der Waals surface area contributed by atoms with E-state index in [-0.39, 0.29) is 11.8 Å². The second-order valence-corrected chi connectivity index (χ2v) is 5.50. The molecule has 6 nitrogen and oxygen atoms in total. The van der Waals surface area contributed by atoms with Crippen LogP contribution >= 0.6 is 0 Å². The number of unbranched alkanes of at least 4 members (excludes halogenated alkanes) is 2. The fourth-order valence-electron chi connectivity index (χ4n) is 2.20. The van der Waals surface area contributed by atoms with Gasteiger partial charge < -0.3 is 10.6 Å². The third-order valence-electron chi connectivity index (χ3n) is 3.42. The number of aromatic nitrogens is 2. The van der Waals surface area contributed by atoms with Crippen LogP contribution in [0.2, 0.25) is 0 Å². The second-order valence-electron chi connectivity index (χ2n) is 5.50. The smallest absolute Gasteiger partial charge is 0.224 e. The van der Waals surface area contributed by atoms with Crippen molar-refractivity contribution >= 4 is 17.5 Å². The third kappa shape index (κ3) is 6.16. The molecule has 126 valence electrons. The standard InChI is InChI=1S/C18H22N4O2/c1-14(23)19-11-7-3-6-10-17(24)22-16-12-20-18(21-13-16)15-8-4-2-5-9-15/h2,4-5,8-9,12-13H,3,6-7,10-11H2,1H3,(H,19,23)(H,22,24). The van der Waals surface area contributed by atoms with Gasteiger partial charge in [0.1, 0.15) is 0 Å². The number of carbonyl (C=O) groups excluding carboxylic acids is 2. The predicted octanol–water partition coefficient (Wildman–Crippen LogP) is 2.78. The molecule has 0 saturated heterocycles. The Morgan fingerprint density at radius 3 is 2.38 bits per heavy atom. The Bertz CT molecular complexity index is 656. The number of hydrogen-bond acceptors (Lipinski definition) is 4. The van der Waals surface area contributed by atoms with Crippen LogP contribution in [0.25, 0.3) is 11.4 Å². The number of nitrogens with zero attached hydrogens (tertiary/aromatic N) is 2. The molecule has 2 N–H and O–H groups in total. The maximum atomic E-state index is 11.9. The lowest BCUT2D eigenvalue weighted by atomic mass is 10.2. The normalized spacial score (nSPS) is 10.2. The molecular formula is C18H22N4O2. The van der Waals surface area contributed by atoms with Crippen molar-refractivity contribution in [1.82, 2.24) is 15.3 Å². The quantitative estimate of drug-likeness (QED) is 0.731. The van der Waals surface area contributed by atoms with Crippen LogP contribution in [0.3, 0.4) is 0 Å². The Kier molecular flexibility index (Phi) is 6.89. The maximum absolute atomic E-state index is 11.9. The van der Waals surface area contributed by atoms with E-state index in [1.165, 1.54) is 6.92 Å². The van der Waals surface area contributed by atoms with Gasteiger partial charge in [0.05, 0.1) is 18.1 Å². The summed E-state index contributed by atoms with van der Waals surface area (Å²) in [6.07, 6.45) is 6.24. The van der Waals surface area contributed by atoms with Gasteiger partial charge in [-0.05, 0) is 12.8 Å². The summed E-state index contributed by atoms with van der Waals surface area (Å²) in [4.78, 5) is 31.1. The van der Waals surface area contributed by atoms with Gasteiger partial charge in [0.2, 0.25) is 11.8 Å². The van der Waals surface area contributed by atoms with Gasteiger partial charge in [-0.15, -0.1) is 0 Å². The van der Waals surface area contributed by atoms with Crippen LogP contribution < -0.4 is 10.6 Å². The lowest BCUT2D eigenvalue weighted by Crippen LogP contribution is -2.20. The maximum Gasteiger partial charge on any atom is 0.224 e. The Morgan fingerprint density at radius 2 is 1.71 bits per heavy atom. The van der Waals surface area contributed by atoms with Crippen LogP contribution in [0.5, 0.6) is 0 Å². The first-order valence-corrected chi connectivity index (χ1v) is 8.07. The molecular weight excluding hydrogens is 304 g/mol. The first-order chi connectivity index (χ1) is 11.6. The van der Waals surface area contributed by atoms with Crippen molar-refractivity contribution in [2.75, 3.05) is 11.9 Å². The third-order valence-corrected chi connectivity index (χ3v) is 3.42. The molecule has 0 aliphatic heterocycles. The first kappa shape index (κ1) is 17.6. The number of carbonyl (C=O) groups is 2. The monoisotopic (exact) mass is 326 g/mol. The van der Waals surface area contributed by atoms with Gasteiger partial charge in [0.25, 0.3) is 0 Å². The number of benzene rings is 1. The van der Waals surface area contributed by atoms with Crippen LogP contribution in [0.1, 0.15) is 32.6 Å². The Hall–Kier alpha value is -2.76. The summed E-state index contributed by atoms with van der Waals surface area (Å²) >= 11 is 0. The van der Waals surface area contributed by atoms with Gasteiger partial charge in [-0.3, -0.25) is 9.59 Å². The topological polar surface area (TPSA) is 84.0 Å². The molecule has 0 aliphatic rings. The molecule has 0 radical (unpaired) electrons. The zero-order valence-corrected chi connectivity index (χ0v) is 13.8. The van der Waals surface area contributed by atoms with Crippen molar-refractivity contribution in [3.05, 3.63) is 42.7 Å². The van der Waals surface area contributed by atoms with E-state index in [1.54, 1.807) is 12.4 Å². The van der Waals surface area contributed by atoms with Crippen LogP contribution in [0, 0.1) is 0 Å². The highest BCUT2D eigenvalue weighted by Crippen LogP contribution is 2.15. The minimum Gasteiger partial charge on any atom is -0.356 e. The molecule has 2 rings (SSSR count). The van der Waals surface area contributed by atoms with Crippen LogP contribution in [-0.2, 0) is 9.59 Å². The van der Waals surface area contributed by atoms with Gasteiger partial charge in [-0.1, -0.05) is 36.8 Å². The highest BCUT2D eigenvalue weighted by molar-refractivity contribution is 5.90. The minimum atomic E-state index is -0.0504. The Labute approximate surface area is 141 Å². The van der Waals surface area contributed by atoms with Crippen molar-refractivity contribution in [3.63, 3.8) is 0 Å². The van der Waals surface area contributed by atoms with E-state index in [9.17, 15) is 9.59 Å². The lowest BCUT2D eigenvalue weighted by Gasteiger charge is -2.06. The van der Waals surface area contributed by atoms with E-state index in [0.29, 0.717) is 24.5 Å². The lowest BCUT2D eigenvalue weighted by molar-refractivity contribution is -0.119. The number of amides is 2. The fourth-order valence-corrected chi connectivity index (χ4v) is 2.20. The highest BCUT2D eigenvalue weighted by atomic mass is 16.2. The van der Waals surface area contributed by atoms with Gasteiger partial charge in [-0.25, -0.2) is 9.97 Å². The molecule has 0 unspecified atom stereocenters. The first-order valence-electron chi connectivity index (χ1n) is 8.07. The molecule has 1 aromatic heterocycles. The second kappa shape index (κ2) is 9.39. The van der Waals surface area contributed by atoms with Crippen molar-refractivity contribution in [2.24, 2.45) is 0 Å². The van der Waals surface area contributed by atoms with Gasteiger partial charge in [-0.2, -0.15) is 0 Å². The SMILES string of the molecule is CC(=O)NCCCCCC(=O)Nc1cnc(-c2ccccc2)nc1. The average Bonchev–Trinajstić information content (AvgIpc) is 2.59.